The average molecular weight is 266 g/mol. The number of hydrogen-bond donors (Lipinski definition) is 1. The second-order valence-electron chi connectivity index (χ2n) is 4.95. The van der Waals surface area contributed by atoms with Gasteiger partial charge in [-0.2, -0.15) is 5.10 Å². The molecule has 0 radical (unpaired) electrons. The van der Waals surface area contributed by atoms with Gasteiger partial charge in [0.25, 0.3) is 0 Å². The number of ether oxygens (including phenoxy) is 1. The molecule has 0 amide bonds. The molecule has 2 fully saturated rings. The first kappa shape index (κ1) is 12.0. The van der Waals surface area contributed by atoms with Gasteiger partial charge in [-0.15, -0.1) is 0 Å². The van der Waals surface area contributed by atoms with Gasteiger partial charge < -0.3 is 10.1 Å². The summed E-state index contributed by atoms with van der Waals surface area (Å²) in [6.07, 6.45) is 6.06. The average Bonchev–Trinajstić information content (AvgIpc) is 2.96. The van der Waals surface area contributed by atoms with Crippen molar-refractivity contribution in [3.8, 4) is 0 Å². The van der Waals surface area contributed by atoms with E-state index in [4.69, 9.17) is 4.74 Å². The Bertz CT molecular complexity index is 451. The van der Waals surface area contributed by atoms with Crippen molar-refractivity contribution in [2.24, 2.45) is 12.0 Å². The number of hydrogen-bond acceptors (Lipinski definition) is 4. The van der Waals surface area contributed by atoms with E-state index in [1.807, 2.05) is 35.9 Å². The zero-order chi connectivity index (χ0) is 12.4. The molecule has 5 nitrogen and oxygen atoms in total. The summed E-state index contributed by atoms with van der Waals surface area (Å²) < 4.78 is 7.23. The number of aliphatic imine (C=N–C) groups is 1. The lowest BCUT2D eigenvalue weighted by molar-refractivity contribution is 0.0555. The molecule has 0 unspecified atom stereocenters. The highest BCUT2D eigenvalue weighted by atomic mass is 32.2. The van der Waals surface area contributed by atoms with Gasteiger partial charge in [0, 0.05) is 37.8 Å². The predicted octanol–water partition coefficient (Wildman–Crippen LogP) is 1.16. The highest BCUT2D eigenvalue weighted by Gasteiger charge is 2.38. The number of amidine groups is 1. The number of aryl methyl sites for hydroxylation is 1. The quantitative estimate of drug-likeness (QED) is 0.873. The third kappa shape index (κ3) is 2.54. The van der Waals surface area contributed by atoms with Crippen LogP contribution >= 0.6 is 11.8 Å². The molecule has 0 saturated carbocycles. The molecule has 1 aromatic heterocycles. The summed E-state index contributed by atoms with van der Waals surface area (Å²) in [4.78, 5) is 4.63. The van der Waals surface area contributed by atoms with Crippen LogP contribution in [0.4, 0.5) is 0 Å². The van der Waals surface area contributed by atoms with Gasteiger partial charge in [-0.25, -0.2) is 0 Å². The summed E-state index contributed by atoms with van der Waals surface area (Å²) in [6.45, 7) is 2.43. The van der Waals surface area contributed by atoms with Crippen molar-refractivity contribution in [1.82, 2.24) is 15.1 Å². The van der Waals surface area contributed by atoms with Gasteiger partial charge >= 0.3 is 0 Å². The zero-order valence-electron chi connectivity index (χ0n) is 10.6. The van der Waals surface area contributed by atoms with Gasteiger partial charge in [0.1, 0.15) is 0 Å². The standard InChI is InChI=1S/C12H18N4OS/c1-16-8-10(7-14-16)6-13-11-15-12(9-18-11)2-4-17-5-3-12/h7-8H,2-6,9H2,1H3,(H,13,15). The summed E-state index contributed by atoms with van der Waals surface area (Å²) in [6, 6.07) is 0. The van der Waals surface area contributed by atoms with Crippen molar-refractivity contribution in [1.29, 1.82) is 0 Å². The molecule has 1 aromatic rings. The van der Waals surface area contributed by atoms with Gasteiger partial charge in [-0.1, -0.05) is 11.8 Å². The Hall–Kier alpha value is -1.01. The largest absolute Gasteiger partial charge is 0.381 e. The van der Waals surface area contributed by atoms with Crippen LogP contribution in [0.3, 0.4) is 0 Å². The molecule has 18 heavy (non-hydrogen) atoms. The van der Waals surface area contributed by atoms with Gasteiger partial charge in [-0.05, 0) is 12.8 Å². The maximum absolute atomic E-state index is 5.42. The molecule has 0 aliphatic carbocycles. The van der Waals surface area contributed by atoms with Gasteiger partial charge in [-0.3, -0.25) is 9.67 Å². The Morgan fingerprint density at radius 2 is 2.39 bits per heavy atom. The van der Waals surface area contributed by atoms with Crippen LogP contribution < -0.4 is 5.32 Å². The first-order valence-corrected chi connectivity index (χ1v) is 7.25. The summed E-state index contributed by atoms with van der Waals surface area (Å²) in [7, 11) is 1.93. The molecule has 0 atom stereocenters. The summed E-state index contributed by atoms with van der Waals surface area (Å²) in [5, 5.41) is 8.81. The Labute approximate surface area is 111 Å². The molecule has 98 valence electrons. The Kier molecular flexibility index (Phi) is 3.30. The van der Waals surface area contributed by atoms with E-state index in [-0.39, 0.29) is 5.54 Å². The van der Waals surface area contributed by atoms with Crippen molar-refractivity contribution in [2.45, 2.75) is 24.9 Å². The maximum atomic E-state index is 5.42. The van der Waals surface area contributed by atoms with Gasteiger partial charge in [0.2, 0.25) is 0 Å². The lowest BCUT2D eigenvalue weighted by Crippen LogP contribution is -2.48. The van der Waals surface area contributed by atoms with E-state index in [0.717, 1.165) is 42.5 Å². The normalized spacial score (nSPS) is 24.6. The topological polar surface area (TPSA) is 51.4 Å². The van der Waals surface area contributed by atoms with Crippen LogP contribution in [-0.4, -0.2) is 39.5 Å². The minimum Gasteiger partial charge on any atom is -0.381 e. The fraction of sp³-hybridized carbons (Fsp3) is 0.667. The molecular weight excluding hydrogens is 248 g/mol. The Morgan fingerprint density at radius 1 is 1.56 bits per heavy atom. The molecule has 0 bridgehead atoms. The number of aromatic nitrogens is 2. The van der Waals surface area contributed by atoms with Crippen LogP contribution in [0.2, 0.25) is 0 Å². The lowest BCUT2D eigenvalue weighted by atomic mass is 9.93. The van der Waals surface area contributed by atoms with E-state index in [9.17, 15) is 0 Å². The lowest BCUT2D eigenvalue weighted by Gasteiger charge is -2.32. The zero-order valence-corrected chi connectivity index (χ0v) is 11.4. The highest BCUT2D eigenvalue weighted by molar-refractivity contribution is 8.14. The van der Waals surface area contributed by atoms with Crippen LogP contribution in [0.15, 0.2) is 17.4 Å². The van der Waals surface area contributed by atoms with Crippen LogP contribution in [0.5, 0.6) is 0 Å². The van der Waals surface area contributed by atoms with Crippen molar-refractivity contribution in [3.05, 3.63) is 18.0 Å². The molecule has 2 aliphatic heterocycles. The van der Waals surface area contributed by atoms with E-state index in [1.54, 1.807) is 0 Å². The van der Waals surface area contributed by atoms with Gasteiger partial charge in [0.15, 0.2) is 5.17 Å². The number of nitrogens with zero attached hydrogens (tertiary/aromatic N) is 3. The summed E-state index contributed by atoms with van der Waals surface area (Å²) in [5.41, 5.74) is 1.39. The number of thioether (sulfide) groups is 1. The van der Waals surface area contributed by atoms with Crippen LogP contribution in [0, 0.1) is 0 Å². The molecule has 3 heterocycles. The third-order valence-electron chi connectivity index (χ3n) is 3.47. The maximum Gasteiger partial charge on any atom is 0.157 e. The SMILES string of the molecule is Cn1cc(CN=C2NC3(CCOCC3)CS2)cn1. The molecule has 3 rings (SSSR count). The summed E-state index contributed by atoms with van der Waals surface area (Å²) >= 11 is 1.83. The molecule has 2 aliphatic rings. The fourth-order valence-electron chi connectivity index (χ4n) is 2.34. The number of nitrogens with one attached hydrogen (secondary N) is 1. The van der Waals surface area contributed by atoms with E-state index < -0.39 is 0 Å². The van der Waals surface area contributed by atoms with E-state index in [2.05, 4.69) is 15.4 Å². The molecular formula is C12H18N4OS. The van der Waals surface area contributed by atoms with Crippen molar-refractivity contribution in [3.63, 3.8) is 0 Å². The molecule has 6 heteroatoms. The first-order valence-electron chi connectivity index (χ1n) is 6.27. The van der Waals surface area contributed by atoms with Crippen LogP contribution in [-0.2, 0) is 18.3 Å². The van der Waals surface area contributed by atoms with Crippen molar-refractivity contribution < 1.29 is 4.74 Å². The minimum atomic E-state index is 0.233. The van der Waals surface area contributed by atoms with E-state index >= 15 is 0 Å². The first-order chi connectivity index (χ1) is 8.76. The molecule has 1 N–H and O–H groups in total. The Morgan fingerprint density at radius 3 is 3.11 bits per heavy atom. The second kappa shape index (κ2) is 4.93. The highest BCUT2D eigenvalue weighted by Crippen LogP contribution is 2.31. The third-order valence-corrected chi connectivity index (χ3v) is 4.67. The monoisotopic (exact) mass is 266 g/mol. The van der Waals surface area contributed by atoms with Crippen molar-refractivity contribution in [2.75, 3.05) is 19.0 Å². The van der Waals surface area contributed by atoms with Crippen molar-refractivity contribution >= 4 is 16.9 Å². The van der Waals surface area contributed by atoms with Gasteiger partial charge in [0.05, 0.1) is 18.3 Å². The van der Waals surface area contributed by atoms with E-state index in [1.165, 1.54) is 0 Å². The summed E-state index contributed by atoms with van der Waals surface area (Å²) in [5.74, 6) is 1.11. The van der Waals surface area contributed by atoms with Crippen LogP contribution in [0.25, 0.3) is 0 Å². The molecule has 0 aromatic carbocycles. The predicted molar refractivity (Wildman–Crippen MR) is 72.7 cm³/mol. The number of rotatable bonds is 2. The smallest absolute Gasteiger partial charge is 0.157 e. The molecule has 1 spiro atoms. The second-order valence-corrected chi connectivity index (χ2v) is 5.91. The Balaban J connectivity index is 1.61. The van der Waals surface area contributed by atoms with E-state index in [0.29, 0.717) is 6.54 Å². The van der Waals surface area contributed by atoms with Crippen LogP contribution in [0.1, 0.15) is 18.4 Å². The fourth-order valence-corrected chi connectivity index (χ4v) is 3.56. The minimum absolute atomic E-state index is 0.233. The molecule has 2 saturated heterocycles.